The maximum absolute atomic E-state index is 11.6. The molecule has 4 rings (SSSR count). The number of benzene rings is 2. The van der Waals surface area contributed by atoms with Gasteiger partial charge in [0.05, 0.1) is 23.2 Å². The van der Waals surface area contributed by atoms with E-state index in [4.69, 9.17) is 9.84 Å². The fourth-order valence-corrected chi connectivity index (χ4v) is 3.69. The fourth-order valence-electron chi connectivity index (χ4n) is 3.69. The summed E-state index contributed by atoms with van der Waals surface area (Å²) in [6, 6.07) is 12.5. The number of likely N-dealkylation sites (tertiary alicyclic amines) is 1. The number of nitrogens with one attached hydrogen (secondary N) is 1. The van der Waals surface area contributed by atoms with Gasteiger partial charge in [0.2, 0.25) is 5.91 Å². The lowest BCUT2D eigenvalue weighted by atomic mass is 9.99. The summed E-state index contributed by atoms with van der Waals surface area (Å²) in [5, 5.41) is 9.12. The highest BCUT2D eigenvalue weighted by Gasteiger charge is 2.22. The molecular weight excluding hydrogens is 370 g/mol. The summed E-state index contributed by atoms with van der Waals surface area (Å²) in [6.45, 7) is 3.80. The molecule has 7 heteroatoms. The van der Waals surface area contributed by atoms with E-state index in [2.05, 4.69) is 9.97 Å². The number of rotatable bonds is 5. The molecule has 2 N–H and O–H groups in total. The molecule has 1 aromatic heterocycles. The Bertz CT molecular complexity index is 1040. The summed E-state index contributed by atoms with van der Waals surface area (Å²) in [5.41, 5.74) is 2.53. The molecule has 2 aromatic carbocycles. The van der Waals surface area contributed by atoms with Crippen LogP contribution in [0.25, 0.3) is 22.4 Å². The smallest absolute Gasteiger partial charge is 0.335 e. The van der Waals surface area contributed by atoms with Gasteiger partial charge in [0.1, 0.15) is 11.6 Å². The van der Waals surface area contributed by atoms with E-state index < -0.39 is 5.97 Å². The van der Waals surface area contributed by atoms with E-state index in [1.54, 1.807) is 25.1 Å². The number of imidazole rings is 1. The average molecular weight is 393 g/mol. The molecule has 1 atom stereocenters. The van der Waals surface area contributed by atoms with Gasteiger partial charge in [0, 0.05) is 31.5 Å². The minimum Gasteiger partial charge on any atom is -0.493 e. The van der Waals surface area contributed by atoms with Gasteiger partial charge in [-0.05, 0) is 55.3 Å². The highest BCUT2D eigenvalue weighted by molar-refractivity contribution is 5.93. The number of piperidine rings is 1. The van der Waals surface area contributed by atoms with Crippen molar-refractivity contribution < 1.29 is 19.4 Å². The van der Waals surface area contributed by atoms with Crippen molar-refractivity contribution >= 4 is 22.9 Å². The number of carbonyl (C=O) groups excluding carboxylic acids is 1. The van der Waals surface area contributed by atoms with Crippen molar-refractivity contribution in [1.29, 1.82) is 0 Å². The summed E-state index contributed by atoms with van der Waals surface area (Å²) in [5.74, 6) is 0.969. The molecule has 1 aliphatic rings. The molecule has 2 heterocycles. The predicted molar refractivity (Wildman–Crippen MR) is 109 cm³/mol. The molecule has 0 spiro atoms. The number of hydrogen-bond donors (Lipinski definition) is 2. The zero-order chi connectivity index (χ0) is 20.4. The standard InChI is InChI=1S/C22H23N3O4/c1-14(26)25-10-2-3-15(12-25)13-29-18-7-4-16(5-8-18)21-23-19-9-6-17(22(27)28)11-20(19)24-21/h4-9,11,15H,2-3,10,12-13H2,1H3,(H,23,24)(H,27,28). The Kier molecular flexibility index (Phi) is 5.20. The molecule has 1 amide bonds. The molecule has 0 radical (unpaired) electrons. The molecule has 0 saturated carbocycles. The molecule has 7 nitrogen and oxygen atoms in total. The largest absolute Gasteiger partial charge is 0.493 e. The maximum atomic E-state index is 11.6. The highest BCUT2D eigenvalue weighted by atomic mass is 16.5. The third kappa shape index (κ3) is 4.23. The number of ether oxygens (including phenoxy) is 1. The first-order valence-corrected chi connectivity index (χ1v) is 9.71. The van der Waals surface area contributed by atoms with Crippen LogP contribution in [0.3, 0.4) is 0 Å². The Labute approximate surface area is 168 Å². The van der Waals surface area contributed by atoms with Crippen LogP contribution in [0.1, 0.15) is 30.1 Å². The van der Waals surface area contributed by atoms with Crippen molar-refractivity contribution in [1.82, 2.24) is 14.9 Å². The Hall–Kier alpha value is -3.35. The van der Waals surface area contributed by atoms with E-state index in [0.29, 0.717) is 23.9 Å². The van der Waals surface area contributed by atoms with Gasteiger partial charge in [-0.3, -0.25) is 4.79 Å². The van der Waals surface area contributed by atoms with Gasteiger partial charge >= 0.3 is 5.97 Å². The second-order valence-electron chi connectivity index (χ2n) is 7.43. The summed E-state index contributed by atoms with van der Waals surface area (Å²) in [4.78, 5) is 32.3. The van der Waals surface area contributed by atoms with Crippen molar-refractivity contribution in [3.63, 3.8) is 0 Å². The normalized spacial score (nSPS) is 16.7. The maximum Gasteiger partial charge on any atom is 0.335 e. The number of carbonyl (C=O) groups is 2. The van der Waals surface area contributed by atoms with Crippen LogP contribution < -0.4 is 4.74 Å². The van der Waals surface area contributed by atoms with Gasteiger partial charge in [0.25, 0.3) is 0 Å². The number of amides is 1. The first-order valence-electron chi connectivity index (χ1n) is 9.71. The second-order valence-corrected chi connectivity index (χ2v) is 7.43. The average Bonchev–Trinajstić information content (AvgIpc) is 3.16. The fraction of sp³-hybridized carbons (Fsp3) is 0.318. The van der Waals surface area contributed by atoms with Gasteiger partial charge in [-0.25, -0.2) is 9.78 Å². The zero-order valence-corrected chi connectivity index (χ0v) is 16.2. The second kappa shape index (κ2) is 7.95. The minimum absolute atomic E-state index is 0.125. The third-order valence-corrected chi connectivity index (χ3v) is 5.31. The summed E-state index contributed by atoms with van der Waals surface area (Å²) < 4.78 is 5.93. The lowest BCUT2D eigenvalue weighted by molar-refractivity contribution is -0.130. The molecule has 1 fully saturated rings. The number of carboxylic acids is 1. The monoisotopic (exact) mass is 393 g/mol. The zero-order valence-electron chi connectivity index (χ0n) is 16.2. The van der Waals surface area contributed by atoms with Crippen LogP contribution in [0.15, 0.2) is 42.5 Å². The Morgan fingerprint density at radius 3 is 2.76 bits per heavy atom. The van der Waals surface area contributed by atoms with E-state index in [1.807, 2.05) is 29.2 Å². The van der Waals surface area contributed by atoms with Crippen LogP contribution in [0.5, 0.6) is 5.75 Å². The summed E-state index contributed by atoms with van der Waals surface area (Å²) >= 11 is 0. The van der Waals surface area contributed by atoms with E-state index in [9.17, 15) is 9.59 Å². The van der Waals surface area contributed by atoms with Crippen molar-refractivity contribution in [2.24, 2.45) is 5.92 Å². The molecule has 29 heavy (non-hydrogen) atoms. The summed E-state index contributed by atoms with van der Waals surface area (Å²) in [7, 11) is 0. The van der Waals surface area contributed by atoms with Crippen molar-refractivity contribution in [2.45, 2.75) is 19.8 Å². The lowest BCUT2D eigenvalue weighted by Crippen LogP contribution is -2.40. The molecule has 3 aromatic rings. The van der Waals surface area contributed by atoms with Gasteiger partial charge in [0.15, 0.2) is 0 Å². The molecular formula is C22H23N3O4. The van der Waals surface area contributed by atoms with Gasteiger partial charge in [-0.1, -0.05) is 0 Å². The lowest BCUT2D eigenvalue weighted by Gasteiger charge is -2.31. The Balaban J connectivity index is 1.42. The third-order valence-electron chi connectivity index (χ3n) is 5.31. The number of carboxylic acid groups (broad SMARTS) is 1. The highest BCUT2D eigenvalue weighted by Crippen LogP contribution is 2.24. The number of H-pyrrole nitrogens is 1. The number of aromatic nitrogens is 2. The number of aromatic amines is 1. The van der Waals surface area contributed by atoms with Crippen LogP contribution in [-0.2, 0) is 4.79 Å². The number of hydrogen-bond acceptors (Lipinski definition) is 4. The van der Waals surface area contributed by atoms with Gasteiger partial charge in [-0.2, -0.15) is 0 Å². The van der Waals surface area contributed by atoms with Crippen LogP contribution in [-0.4, -0.2) is 51.5 Å². The predicted octanol–water partition coefficient (Wildman–Crippen LogP) is 3.57. The molecule has 1 unspecified atom stereocenters. The van der Waals surface area contributed by atoms with Gasteiger partial charge < -0.3 is 19.7 Å². The number of aromatic carboxylic acids is 1. The minimum atomic E-state index is -0.964. The van der Waals surface area contributed by atoms with E-state index in [1.165, 1.54) is 0 Å². The molecule has 1 saturated heterocycles. The van der Waals surface area contributed by atoms with Crippen LogP contribution in [0.4, 0.5) is 0 Å². The van der Waals surface area contributed by atoms with Crippen LogP contribution in [0.2, 0.25) is 0 Å². The summed E-state index contributed by atoms with van der Waals surface area (Å²) in [6.07, 6.45) is 2.08. The molecule has 1 aliphatic heterocycles. The van der Waals surface area contributed by atoms with E-state index in [0.717, 1.165) is 42.8 Å². The molecule has 150 valence electrons. The first kappa shape index (κ1) is 19.0. The quantitative estimate of drug-likeness (QED) is 0.691. The number of fused-ring (bicyclic) bond motifs is 1. The van der Waals surface area contributed by atoms with Crippen LogP contribution in [0, 0.1) is 5.92 Å². The molecule has 0 aliphatic carbocycles. The topological polar surface area (TPSA) is 95.5 Å². The van der Waals surface area contributed by atoms with Crippen molar-refractivity contribution in [3.05, 3.63) is 48.0 Å². The van der Waals surface area contributed by atoms with Crippen molar-refractivity contribution in [2.75, 3.05) is 19.7 Å². The first-order chi connectivity index (χ1) is 14.0. The van der Waals surface area contributed by atoms with Crippen molar-refractivity contribution in [3.8, 4) is 17.1 Å². The van der Waals surface area contributed by atoms with E-state index in [-0.39, 0.29) is 11.5 Å². The molecule has 0 bridgehead atoms. The van der Waals surface area contributed by atoms with E-state index >= 15 is 0 Å². The van der Waals surface area contributed by atoms with Gasteiger partial charge in [-0.15, -0.1) is 0 Å². The Morgan fingerprint density at radius 2 is 2.03 bits per heavy atom. The Morgan fingerprint density at radius 1 is 1.24 bits per heavy atom. The SMILES string of the molecule is CC(=O)N1CCCC(COc2ccc(-c3nc4ccc(C(=O)O)cc4[nH]3)cc2)C1. The van der Waals surface area contributed by atoms with Crippen LogP contribution >= 0.6 is 0 Å². The number of nitrogens with zero attached hydrogens (tertiary/aromatic N) is 2.